The molecule has 33 heavy (non-hydrogen) atoms. The van der Waals surface area contributed by atoms with E-state index < -0.39 is 10.0 Å². The largest absolute Gasteiger partial charge is 0.497 e. The number of amides is 1. The molecule has 3 heterocycles. The Morgan fingerprint density at radius 2 is 1.73 bits per heavy atom. The van der Waals surface area contributed by atoms with E-state index in [9.17, 15) is 13.2 Å². The molecule has 1 aromatic carbocycles. The third-order valence-corrected chi connectivity index (χ3v) is 8.50. The molecule has 2 aliphatic rings. The van der Waals surface area contributed by atoms with Crippen molar-refractivity contribution in [1.29, 1.82) is 0 Å². The predicted octanol–water partition coefficient (Wildman–Crippen LogP) is 3.58. The van der Waals surface area contributed by atoms with Crippen molar-refractivity contribution in [3.63, 3.8) is 0 Å². The molecule has 178 valence electrons. The van der Waals surface area contributed by atoms with Gasteiger partial charge in [0.1, 0.15) is 11.4 Å². The number of aryl methyl sites for hydroxylation is 1. The number of ether oxygens (including phenoxy) is 1. The molecule has 0 N–H and O–H groups in total. The minimum Gasteiger partial charge on any atom is -0.497 e. The molecule has 4 rings (SSSR count). The fourth-order valence-electron chi connectivity index (χ4n) is 4.53. The van der Waals surface area contributed by atoms with Gasteiger partial charge in [0.05, 0.1) is 7.11 Å². The molecule has 0 atom stereocenters. The maximum atomic E-state index is 13.4. The summed E-state index contributed by atoms with van der Waals surface area (Å²) in [4.78, 5) is 14.9. The predicted molar refractivity (Wildman–Crippen MR) is 125 cm³/mol. The average molecular weight is 474 g/mol. The van der Waals surface area contributed by atoms with Crippen LogP contribution in [0, 0.1) is 12.8 Å². The summed E-state index contributed by atoms with van der Waals surface area (Å²) >= 11 is 0. The van der Waals surface area contributed by atoms with Crippen LogP contribution in [0.25, 0.3) is 12.2 Å². The fraction of sp³-hybridized carbons (Fsp3) is 0.500. The Morgan fingerprint density at radius 1 is 1.06 bits per heavy atom. The lowest BCUT2D eigenvalue weighted by atomic mass is 9.95. The third kappa shape index (κ3) is 5.14. The van der Waals surface area contributed by atoms with Gasteiger partial charge >= 0.3 is 0 Å². The quantitative estimate of drug-likeness (QED) is 0.637. The second-order valence-electron chi connectivity index (χ2n) is 8.63. The first-order chi connectivity index (χ1) is 15.9. The van der Waals surface area contributed by atoms with E-state index in [4.69, 9.17) is 9.26 Å². The number of likely N-dealkylation sites (tertiary alicyclic amines) is 1. The zero-order chi connectivity index (χ0) is 23.4. The highest BCUT2D eigenvalue weighted by atomic mass is 32.2. The summed E-state index contributed by atoms with van der Waals surface area (Å²) in [5.74, 6) is 1.02. The number of piperidine rings is 2. The lowest BCUT2D eigenvalue weighted by Crippen LogP contribution is -2.45. The lowest BCUT2D eigenvalue weighted by molar-refractivity contribution is -0.137. The maximum absolute atomic E-state index is 13.4. The van der Waals surface area contributed by atoms with Crippen LogP contribution < -0.4 is 4.74 Å². The molecule has 0 saturated carbocycles. The molecule has 2 saturated heterocycles. The number of hydrogen-bond acceptors (Lipinski definition) is 6. The Morgan fingerprint density at radius 3 is 2.36 bits per heavy atom. The topological polar surface area (TPSA) is 93.0 Å². The van der Waals surface area contributed by atoms with Gasteiger partial charge < -0.3 is 14.2 Å². The van der Waals surface area contributed by atoms with E-state index in [1.54, 1.807) is 26.2 Å². The number of benzene rings is 1. The van der Waals surface area contributed by atoms with Crippen molar-refractivity contribution in [3.05, 3.63) is 41.3 Å². The Kier molecular flexibility index (Phi) is 7.19. The Balaban J connectivity index is 1.46. The lowest BCUT2D eigenvalue weighted by Gasteiger charge is -2.35. The van der Waals surface area contributed by atoms with Crippen LogP contribution >= 0.6 is 0 Å². The standard InChI is InChI=1S/C24H31N3O5S/c1-18-23(22(32-25-18)11-8-19-6-9-21(31-2)10-7-19)33(29,30)27-16-12-20(13-17-27)24(28)26-14-4-3-5-15-26/h6-11,20H,3-5,12-17H2,1-2H3. The van der Waals surface area contributed by atoms with Gasteiger partial charge in [0.15, 0.2) is 10.7 Å². The summed E-state index contributed by atoms with van der Waals surface area (Å²) < 4.78 is 38.9. The number of aromatic nitrogens is 1. The number of sulfonamides is 1. The first kappa shape index (κ1) is 23.5. The Bertz CT molecular complexity index is 1090. The normalized spacial score (nSPS) is 18.7. The monoisotopic (exact) mass is 473 g/mol. The van der Waals surface area contributed by atoms with Crippen LogP contribution in [0.1, 0.15) is 49.1 Å². The smallest absolute Gasteiger partial charge is 0.248 e. The van der Waals surface area contributed by atoms with Crippen molar-refractivity contribution >= 4 is 28.1 Å². The second-order valence-corrected chi connectivity index (χ2v) is 10.5. The van der Waals surface area contributed by atoms with Crippen molar-refractivity contribution in [3.8, 4) is 5.75 Å². The highest BCUT2D eigenvalue weighted by Gasteiger charge is 2.37. The molecule has 2 aliphatic heterocycles. The van der Waals surface area contributed by atoms with Crippen LogP contribution in [-0.2, 0) is 14.8 Å². The second kappa shape index (κ2) is 10.1. The Hall–Kier alpha value is -2.65. The van der Waals surface area contributed by atoms with Gasteiger partial charge in [-0.3, -0.25) is 4.79 Å². The van der Waals surface area contributed by atoms with Gasteiger partial charge in [-0.05, 0) is 62.8 Å². The van der Waals surface area contributed by atoms with Gasteiger partial charge in [-0.15, -0.1) is 0 Å². The summed E-state index contributed by atoms with van der Waals surface area (Å²) in [6, 6.07) is 7.41. The number of carbonyl (C=O) groups is 1. The van der Waals surface area contributed by atoms with E-state index in [-0.39, 0.29) is 22.5 Å². The van der Waals surface area contributed by atoms with Crippen LogP contribution in [-0.4, -0.2) is 62.0 Å². The van der Waals surface area contributed by atoms with E-state index in [0.717, 1.165) is 37.2 Å². The number of nitrogens with zero attached hydrogens (tertiary/aromatic N) is 3. The number of methoxy groups -OCH3 is 1. The van der Waals surface area contributed by atoms with Gasteiger partial charge in [-0.2, -0.15) is 4.31 Å². The molecular weight excluding hydrogens is 442 g/mol. The summed E-state index contributed by atoms with van der Waals surface area (Å²) in [6.07, 6.45) is 7.76. The molecule has 8 nitrogen and oxygen atoms in total. The summed E-state index contributed by atoms with van der Waals surface area (Å²) in [5.41, 5.74) is 1.21. The van der Waals surface area contributed by atoms with Crippen molar-refractivity contribution in [2.45, 2.75) is 43.9 Å². The molecule has 2 fully saturated rings. The van der Waals surface area contributed by atoms with Gasteiger partial charge in [-0.25, -0.2) is 8.42 Å². The molecule has 1 aromatic heterocycles. The van der Waals surface area contributed by atoms with Crippen LogP contribution in [0.2, 0.25) is 0 Å². The summed E-state index contributed by atoms with van der Waals surface area (Å²) in [6.45, 7) is 3.91. The van der Waals surface area contributed by atoms with Crippen LogP contribution in [0.5, 0.6) is 5.75 Å². The SMILES string of the molecule is COc1ccc(C=Cc2onc(C)c2S(=O)(=O)N2CCC(C(=O)N3CCCCC3)CC2)cc1. The highest BCUT2D eigenvalue weighted by Crippen LogP contribution is 2.30. The number of hydrogen-bond donors (Lipinski definition) is 0. The van der Waals surface area contributed by atoms with Gasteiger partial charge in [-0.1, -0.05) is 23.4 Å². The van der Waals surface area contributed by atoms with Crippen molar-refractivity contribution < 1.29 is 22.5 Å². The Labute approximate surface area is 195 Å². The molecule has 1 amide bonds. The highest BCUT2D eigenvalue weighted by molar-refractivity contribution is 7.89. The first-order valence-electron chi connectivity index (χ1n) is 11.5. The molecule has 9 heteroatoms. The third-order valence-electron chi connectivity index (χ3n) is 6.45. The zero-order valence-corrected chi connectivity index (χ0v) is 20.0. The van der Waals surface area contributed by atoms with Crippen molar-refractivity contribution in [1.82, 2.24) is 14.4 Å². The van der Waals surface area contributed by atoms with Crippen LogP contribution in [0.15, 0.2) is 33.7 Å². The number of rotatable bonds is 6. The molecule has 0 unspecified atom stereocenters. The zero-order valence-electron chi connectivity index (χ0n) is 19.2. The van der Waals surface area contributed by atoms with Crippen molar-refractivity contribution in [2.75, 3.05) is 33.3 Å². The van der Waals surface area contributed by atoms with Crippen LogP contribution in [0.4, 0.5) is 0 Å². The van der Waals surface area contributed by atoms with Crippen LogP contribution in [0.3, 0.4) is 0 Å². The average Bonchev–Trinajstić information content (AvgIpc) is 3.24. The van der Waals surface area contributed by atoms with Gasteiger partial charge in [0.25, 0.3) is 0 Å². The molecule has 0 spiro atoms. The van der Waals surface area contributed by atoms with Crippen molar-refractivity contribution in [2.24, 2.45) is 5.92 Å². The summed E-state index contributed by atoms with van der Waals surface area (Å²) in [5, 5.41) is 3.91. The van der Waals surface area contributed by atoms with E-state index in [1.165, 1.54) is 10.7 Å². The molecule has 0 aliphatic carbocycles. The summed E-state index contributed by atoms with van der Waals surface area (Å²) in [7, 11) is -2.19. The fourth-order valence-corrected chi connectivity index (χ4v) is 6.25. The molecule has 2 aromatic rings. The minimum absolute atomic E-state index is 0.0908. The molecule has 0 radical (unpaired) electrons. The van der Waals surface area contributed by atoms with E-state index >= 15 is 0 Å². The van der Waals surface area contributed by atoms with E-state index in [1.807, 2.05) is 29.2 Å². The van der Waals surface area contributed by atoms with E-state index in [0.29, 0.717) is 31.6 Å². The maximum Gasteiger partial charge on any atom is 0.248 e. The number of carbonyl (C=O) groups excluding carboxylic acids is 1. The van der Waals surface area contributed by atoms with E-state index in [2.05, 4.69) is 5.16 Å². The minimum atomic E-state index is -3.79. The van der Waals surface area contributed by atoms with Gasteiger partial charge in [0, 0.05) is 32.1 Å². The first-order valence-corrected chi connectivity index (χ1v) is 12.9. The molecular formula is C24H31N3O5S. The molecule has 0 bridgehead atoms. The van der Waals surface area contributed by atoms with Gasteiger partial charge in [0.2, 0.25) is 15.9 Å².